The van der Waals surface area contributed by atoms with Crippen molar-refractivity contribution in [2.75, 3.05) is 30.5 Å². The van der Waals surface area contributed by atoms with Crippen molar-refractivity contribution in [3.05, 3.63) is 58.1 Å². The number of carbonyl (C=O) groups is 1. The Bertz CT molecular complexity index is 823. The predicted octanol–water partition coefficient (Wildman–Crippen LogP) is 4.10. The maximum Gasteiger partial charge on any atom is 0.271 e. The maximum atomic E-state index is 12.1. The number of benzene rings is 2. The molecule has 1 aliphatic heterocycles. The zero-order valence-electron chi connectivity index (χ0n) is 14.5. The average Bonchev–Trinajstić information content (AvgIpc) is 3.21. The second-order valence-corrected chi connectivity index (χ2v) is 8.35. The van der Waals surface area contributed by atoms with Crippen LogP contribution < -0.4 is 14.8 Å². The molecule has 9 heteroatoms. The van der Waals surface area contributed by atoms with Crippen molar-refractivity contribution in [2.24, 2.45) is 0 Å². The summed E-state index contributed by atoms with van der Waals surface area (Å²) >= 11 is 3.85. The fraction of sp³-hybridized carbons (Fsp3) is 0.278. The fourth-order valence-electron chi connectivity index (χ4n) is 2.51. The van der Waals surface area contributed by atoms with E-state index in [0.717, 1.165) is 11.5 Å². The Morgan fingerprint density at radius 3 is 2.56 bits per heavy atom. The minimum absolute atomic E-state index is 0.134. The van der Waals surface area contributed by atoms with E-state index in [0.29, 0.717) is 16.1 Å². The molecule has 1 fully saturated rings. The van der Waals surface area contributed by atoms with Gasteiger partial charge in [0.05, 0.1) is 22.3 Å². The van der Waals surface area contributed by atoms with Crippen LogP contribution in [0.25, 0.3) is 0 Å². The highest BCUT2D eigenvalue weighted by Gasteiger charge is 2.18. The van der Waals surface area contributed by atoms with E-state index < -0.39 is 10.8 Å². The molecule has 0 aliphatic carbocycles. The van der Waals surface area contributed by atoms with Crippen molar-refractivity contribution < 1.29 is 19.2 Å². The second kappa shape index (κ2) is 9.01. The van der Waals surface area contributed by atoms with Crippen LogP contribution in [0.3, 0.4) is 0 Å². The van der Waals surface area contributed by atoms with Crippen molar-refractivity contribution in [2.45, 2.75) is 4.58 Å². The lowest BCUT2D eigenvalue weighted by atomic mass is 10.2. The first-order valence-electron chi connectivity index (χ1n) is 8.15. The van der Waals surface area contributed by atoms with Crippen LogP contribution in [0, 0.1) is 10.1 Å². The number of nitrogens with zero attached hydrogens (tertiary/aromatic N) is 1. The van der Waals surface area contributed by atoms with Gasteiger partial charge in [-0.1, -0.05) is 12.1 Å². The third-order valence-electron chi connectivity index (χ3n) is 3.81. The molecule has 0 unspecified atom stereocenters. The first kappa shape index (κ1) is 19.4. The van der Waals surface area contributed by atoms with E-state index in [-0.39, 0.29) is 18.0 Å². The number of nitro benzene ring substituents is 1. The van der Waals surface area contributed by atoms with Gasteiger partial charge in [-0.15, -0.1) is 23.5 Å². The lowest BCUT2D eigenvalue weighted by molar-refractivity contribution is -0.384. The number of ether oxygens (including phenoxy) is 2. The SMILES string of the molecule is COc1ccc([N+](=O)[O-])cc1NC(=O)COc1ccc(C2SCCS2)cc1. The summed E-state index contributed by atoms with van der Waals surface area (Å²) in [4.78, 5) is 22.5. The van der Waals surface area contributed by atoms with E-state index in [2.05, 4.69) is 5.32 Å². The van der Waals surface area contributed by atoms with Gasteiger partial charge in [-0.25, -0.2) is 0 Å². The molecule has 0 aromatic heterocycles. The molecular weight excluding hydrogens is 388 g/mol. The lowest BCUT2D eigenvalue weighted by Crippen LogP contribution is -2.20. The highest BCUT2D eigenvalue weighted by atomic mass is 32.2. The highest BCUT2D eigenvalue weighted by molar-refractivity contribution is 8.19. The summed E-state index contributed by atoms with van der Waals surface area (Å²) in [5, 5.41) is 13.5. The molecule has 1 heterocycles. The number of amides is 1. The molecule has 7 nitrogen and oxygen atoms in total. The van der Waals surface area contributed by atoms with Gasteiger partial charge >= 0.3 is 0 Å². The summed E-state index contributed by atoms with van der Waals surface area (Å²) in [5.74, 6) is 2.82. The fourth-order valence-corrected chi connectivity index (χ4v) is 5.37. The zero-order chi connectivity index (χ0) is 19.2. The first-order valence-corrected chi connectivity index (χ1v) is 10.2. The standard InChI is InChI=1S/C18H18N2O5S2/c1-24-16-7-4-13(20(22)23)10-15(16)19-17(21)11-25-14-5-2-12(3-6-14)18-26-8-9-27-18/h2-7,10,18H,8-9,11H2,1H3,(H,19,21). The van der Waals surface area contributed by atoms with E-state index in [1.54, 1.807) is 0 Å². The maximum absolute atomic E-state index is 12.1. The molecule has 1 saturated heterocycles. The van der Waals surface area contributed by atoms with E-state index in [9.17, 15) is 14.9 Å². The van der Waals surface area contributed by atoms with Gasteiger partial charge in [-0.2, -0.15) is 0 Å². The van der Waals surface area contributed by atoms with Crippen LogP contribution in [0.1, 0.15) is 10.1 Å². The molecule has 2 aromatic rings. The van der Waals surface area contributed by atoms with E-state index in [1.165, 1.54) is 30.9 Å². The van der Waals surface area contributed by atoms with Gasteiger partial charge in [0.15, 0.2) is 6.61 Å². The Morgan fingerprint density at radius 2 is 1.93 bits per heavy atom. The zero-order valence-corrected chi connectivity index (χ0v) is 16.2. The van der Waals surface area contributed by atoms with Crippen molar-refractivity contribution in [3.8, 4) is 11.5 Å². The third-order valence-corrected chi connectivity index (χ3v) is 6.92. The number of nitro groups is 1. The molecule has 0 spiro atoms. The van der Waals surface area contributed by atoms with Crippen molar-refractivity contribution in [1.82, 2.24) is 0 Å². The minimum Gasteiger partial charge on any atom is -0.495 e. The summed E-state index contributed by atoms with van der Waals surface area (Å²) in [6.07, 6.45) is 0. The molecule has 3 rings (SSSR count). The molecule has 0 saturated carbocycles. The van der Waals surface area contributed by atoms with E-state index in [4.69, 9.17) is 9.47 Å². The van der Waals surface area contributed by atoms with Crippen LogP contribution in [-0.4, -0.2) is 36.1 Å². The van der Waals surface area contributed by atoms with Gasteiger partial charge < -0.3 is 14.8 Å². The predicted molar refractivity (Wildman–Crippen MR) is 108 cm³/mol. The van der Waals surface area contributed by atoms with E-state index >= 15 is 0 Å². The normalized spacial score (nSPS) is 14.0. The van der Waals surface area contributed by atoms with Crippen LogP contribution in [0.4, 0.5) is 11.4 Å². The molecule has 1 N–H and O–H groups in total. The van der Waals surface area contributed by atoms with Crippen LogP contribution in [0.2, 0.25) is 0 Å². The number of non-ortho nitro benzene ring substituents is 1. The number of rotatable bonds is 7. The van der Waals surface area contributed by atoms with Gasteiger partial charge in [-0.05, 0) is 23.8 Å². The van der Waals surface area contributed by atoms with Crippen LogP contribution >= 0.6 is 23.5 Å². The summed E-state index contributed by atoms with van der Waals surface area (Å²) in [7, 11) is 1.43. The Balaban J connectivity index is 1.58. The molecule has 27 heavy (non-hydrogen) atoms. The van der Waals surface area contributed by atoms with Crippen LogP contribution in [0.5, 0.6) is 11.5 Å². The molecule has 0 bridgehead atoms. The molecule has 1 aliphatic rings. The Hall–Kier alpha value is -2.39. The quantitative estimate of drug-likeness (QED) is 0.547. The molecule has 142 valence electrons. The lowest BCUT2D eigenvalue weighted by Gasteiger charge is -2.12. The van der Waals surface area contributed by atoms with Gasteiger partial charge in [0.25, 0.3) is 11.6 Å². The summed E-state index contributed by atoms with van der Waals surface area (Å²) in [6.45, 7) is -0.210. The average molecular weight is 406 g/mol. The van der Waals surface area contributed by atoms with Crippen molar-refractivity contribution >= 4 is 40.8 Å². The number of methoxy groups -OCH3 is 1. The number of carbonyl (C=O) groups excluding carboxylic acids is 1. The monoisotopic (exact) mass is 406 g/mol. The van der Waals surface area contributed by atoms with Gasteiger partial charge in [-0.3, -0.25) is 14.9 Å². The molecule has 1 amide bonds. The summed E-state index contributed by atoms with van der Waals surface area (Å²) < 4.78 is 11.1. The topological polar surface area (TPSA) is 90.7 Å². The highest BCUT2D eigenvalue weighted by Crippen LogP contribution is 2.45. The second-order valence-electron chi connectivity index (χ2n) is 5.62. The van der Waals surface area contributed by atoms with Gasteiger partial charge in [0, 0.05) is 23.6 Å². The van der Waals surface area contributed by atoms with Crippen LogP contribution in [-0.2, 0) is 4.79 Å². The smallest absolute Gasteiger partial charge is 0.271 e. The Labute approximate surface area is 165 Å². The minimum atomic E-state index is -0.534. The number of hydrogen-bond donors (Lipinski definition) is 1. The van der Waals surface area contributed by atoms with Crippen molar-refractivity contribution in [3.63, 3.8) is 0 Å². The van der Waals surface area contributed by atoms with Gasteiger partial charge in [0.1, 0.15) is 11.5 Å². The molecule has 0 radical (unpaired) electrons. The van der Waals surface area contributed by atoms with E-state index in [1.807, 2.05) is 47.8 Å². The number of thioether (sulfide) groups is 2. The molecule has 0 atom stereocenters. The number of anilines is 1. The van der Waals surface area contributed by atoms with Crippen LogP contribution in [0.15, 0.2) is 42.5 Å². The Kier molecular flexibility index (Phi) is 6.46. The van der Waals surface area contributed by atoms with Crippen molar-refractivity contribution in [1.29, 1.82) is 0 Å². The van der Waals surface area contributed by atoms with Gasteiger partial charge in [0.2, 0.25) is 0 Å². The summed E-state index contributed by atoms with van der Waals surface area (Å²) in [5.41, 5.74) is 1.33. The molecular formula is C18H18N2O5S2. The first-order chi connectivity index (χ1) is 13.1. The number of hydrogen-bond acceptors (Lipinski definition) is 7. The largest absolute Gasteiger partial charge is 0.495 e. The third kappa shape index (κ3) is 5.08. The Morgan fingerprint density at radius 1 is 1.22 bits per heavy atom. The summed E-state index contributed by atoms with van der Waals surface area (Å²) in [6, 6.07) is 11.7. The molecule has 2 aromatic carbocycles. The number of nitrogens with one attached hydrogen (secondary N) is 1.